The standard InChI is InChI=1S/C23H25N3O3/c27-23(18-5-1-3-7-20(18)25-13-15-28-16-14-25)26-11-9-17(10-12-26)22-24-19-6-2-4-8-21(19)29-22/h1-8,17H,9-16H2. The number of benzene rings is 2. The second-order valence-electron chi connectivity index (χ2n) is 7.70. The summed E-state index contributed by atoms with van der Waals surface area (Å²) in [5.41, 5.74) is 3.54. The van der Waals surface area contributed by atoms with E-state index in [1.807, 2.05) is 53.4 Å². The number of aromatic nitrogens is 1. The smallest absolute Gasteiger partial charge is 0.255 e. The molecule has 2 fully saturated rings. The molecule has 5 rings (SSSR count). The summed E-state index contributed by atoms with van der Waals surface area (Å²) >= 11 is 0. The van der Waals surface area contributed by atoms with E-state index in [2.05, 4.69) is 9.88 Å². The second-order valence-corrected chi connectivity index (χ2v) is 7.70. The van der Waals surface area contributed by atoms with Crippen molar-refractivity contribution in [1.82, 2.24) is 9.88 Å². The van der Waals surface area contributed by atoms with Crippen LogP contribution in [-0.4, -0.2) is 55.2 Å². The zero-order valence-electron chi connectivity index (χ0n) is 16.4. The minimum absolute atomic E-state index is 0.114. The van der Waals surface area contributed by atoms with Crippen molar-refractivity contribution in [1.29, 1.82) is 0 Å². The number of carbonyl (C=O) groups excluding carboxylic acids is 1. The molecule has 1 aromatic heterocycles. The highest BCUT2D eigenvalue weighted by Crippen LogP contribution is 2.31. The molecule has 0 N–H and O–H groups in total. The summed E-state index contributed by atoms with van der Waals surface area (Å²) in [6.45, 7) is 4.50. The molecule has 0 aliphatic carbocycles. The van der Waals surface area contributed by atoms with Crippen LogP contribution in [-0.2, 0) is 4.74 Å². The van der Waals surface area contributed by atoms with Crippen LogP contribution < -0.4 is 4.90 Å². The van der Waals surface area contributed by atoms with Gasteiger partial charge in [0.05, 0.1) is 18.8 Å². The lowest BCUT2D eigenvalue weighted by atomic mass is 9.96. The largest absolute Gasteiger partial charge is 0.440 e. The molecule has 0 atom stereocenters. The van der Waals surface area contributed by atoms with Crippen molar-refractivity contribution in [2.45, 2.75) is 18.8 Å². The first-order valence-corrected chi connectivity index (χ1v) is 10.4. The molecule has 150 valence electrons. The van der Waals surface area contributed by atoms with Crippen molar-refractivity contribution >= 4 is 22.7 Å². The summed E-state index contributed by atoms with van der Waals surface area (Å²) in [6, 6.07) is 15.8. The molecule has 2 aromatic carbocycles. The number of carbonyl (C=O) groups is 1. The lowest BCUT2D eigenvalue weighted by molar-refractivity contribution is 0.0706. The average molecular weight is 391 g/mol. The number of para-hydroxylation sites is 3. The Kier molecular flexibility index (Phi) is 4.94. The molecule has 2 aliphatic heterocycles. The van der Waals surface area contributed by atoms with Gasteiger partial charge in [-0.05, 0) is 37.1 Å². The van der Waals surface area contributed by atoms with Crippen LogP contribution in [0.15, 0.2) is 52.9 Å². The minimum Gasteiger partial charge on any atom is -0.440 e. The van der Waals surface area contributed by atoms with E-state index < -0.39 is 0 Å². The first kappa shape index (κ1) is 18.2. The Morgan fingerprint density at radius 2 is 1.66 bits per heavy atom. The zero-order valence-corrected chi connectivity index (χ0v) is 16.4. The number of hydrogen-bond donors (Lipinski definition) is 0. The molecule has 0 unspecified atom stereocenters. The molecule has 0 bridgehead atoms. The number of rotatable bonds is 3. The number of likely N-dealkylation sites (tertiary alicyclic amines) is 1. The fourth-order valence-electron chi connectivity index (χ4n) is 4.30. The van der Waals surface area contributed by atoms with E-state index in [4.69, 9.17) is 9.15 Å². The first-order valence-electron chi connectivity index (χ1n) is 10.4. The van der Waals surface area contributed by atoms with Gasteiger partial charge >= 0.3 is 0 Å². The van der Waals surface area contributed by atoms with Crippen LogP contribution in [0.3, 0.4) is 0 Å². The van der Waals surface area contributed by atoms with E-state index in [1.165, 1.54) is 0 Å². The van der Waals surface area contributed by atoms with E-state index in [1.54, 1.807) is 0 Å². The van der Waals surface area contributed by atoms with Crippen LogP contribution >= 0.6 is 0 Å². The number of anilines is 1. The fourth-order valence-corrected chi connectivity index (χ4v) is 4.30. The van der Waals surface area contributed by atoms with Crippen molar-refractivity contribution in [2.75, 3.05) is 44.3 Å². The van der Waals surface area contributed by atoms with Crippen molar-refractivity contribution in [3.8, 4) is 0 Å². The summed E-state index contributed by atoms with van der Waals surface area (Å²) in [6.07, 6.45) is 1.75. The van der Waals surface area contributed by atoms with Gasteiger partial charge in [0.2, 0.25) is 0 Å². The fraction of sp³-hybridized carbons (Fsp3) is 0.391. The number of oxazole rings is 1. The average Bonchev–Trinajstić information content (AvgIpc) is 3.24. The molecule has 2 saturated heterocycles. The van der Waals surface area contributed by atoms with Gasteiger partial charge in [0, 0.05) is 37.8 Å². The number of fused-ring (bicyclic) bond motifs is 1. The molecule has 6 nitrogen and oxygen atoms in total. The monoisotopic (exact) mass is 391 g/mol. The third-order valence-electron chi connectivity index (χ3n) is 5.93. The van der Waals surface area contributed by atoms with Gasteiger partial charge in [-0.1, -0.05) is 24.3 Å². The number of ether oxygens (including phenoxy) is 1. The van der Waals surface area contributed by atoms with E-state index in [0.717, 1.165) is 67.3 Å². The molecule has 6 heteroatoms. The van der Waals surface area contributed by atoms with Crippen molar-refractivity contribution < 1.29 is 13.9 Å². The van der Waals surface area contributed by atoms with Gasteiger partial charge < -0.3 is 19.0 Å². The topological polar surface area (TPSA) is 58.8 Å². The van der Waals surface area contributed by atoms with E-state index in [0.29, 0.717) is 13.2 Å². The van der Waals surface area contributed by atoms with Crippen LogP contribution in [0.25, 0.3) is 11.1 Å². The van der Waals surface area contributed by atoms with Gasteiger partial charge in [-0.25, -0.2) is 4.98 Å². The quantitative estimate of drug-likeness (QED) is 0.682. The molecular formula is C23H25N3O3. The molecule has 2 aliphatic rings. The van der Waals surface area contributed by atoms with Crippen LogP contribution in [0.2, 0.25) is 0 Å². The highest BCUT2D eigenvalue weighted by Gasteiger charge is 2.29. The van der Waals surface area contributed by atoms with E-state index >= 15 is 0 Å². The molecule has 1 amide bonds. The maximum Gasteiger partial charge on any atom is 0.255 e. The molecule has 29 heavy (non-hydrogen) atoms. The predicted molar refractivity (Wildman–Crippen MR) is 111 cm³/mol. The van der Waals surface area contributed by atoms with Gasteiger partial charge in [0.1, 0.15) is 5.52 Å². The minimum atomic E-state index is 0.114. The molecular weight excluding hydrogens is 366 g/mol. The van der Waals surface area contributed by atoms with Crippen molar-refractivity contribution in [3.63, 3.8) is 0 Å². The number of piperidine rings is 1. The summed E-state index contributed by atoms with van der Waals surface area (Å²) in [4.78, 5) is 22.1. The molecule has 3 heterocycles. The van der Waals surface area contributed by atoms with E-state index in [9.17, 15) is 4.79 Å². The van der Waals surface area contributed by atoms with Gasteiger partial charge in [0.25, 0.3) is 5.91 Å². The molecule has 0 radical (unpaired) electrons. The number of amides is 1. The summed E-state index contributed by atoms with van der Waals surface area (Å²) in [5.74, 6) is 1.18. The van der Waals surface area contributed by atoms with Gasteiger partial charge in [0.15, 0.2) is 11.5 Å². The highest BCUT2D eigenvalue weighted by molar-refractivity contribution is 6.00. The summed E-state index contributed by atoms with van der Waals surface area (Å²) in [7, 11) is 0. The van der Waals surface area contributed by atoms with Crippen LogP contribution in [0.4, 0.5) is 5.69 Å². The first-order chi connectivity index (χ1) is 14.3. The SMILES string of the molecule is O=C(c1ccccc1N1CCOCC1)N1CCC(c2nc3ccccc3o2)CC1. The van der Waals surface area contributed by atoms with Gasteiger partial charge in [-0.2, -0.15) is 0 Å². The van der Waals surface area contributed by atoms with Crippen LogP contribution in [0, 0.1) is 0 Å². The molecule has 3 aromatic rings. The predicted octanol–water partition coefficient (Wildman–Crippen LogP) is 3.68. The summed E-state index contributed by atoms with van der Waals surface area (Å²) in [5, 5.41) is 0. The maximum absolute atomic E-state index is 13.3. The lowest BCUT2D eigenvalue weighted by Gasteiger charge is -2.34. The van der Waals surface area contributed by atoms with Crippen LogP contribution in [0.1, 0.15) is 35.0 Å². The third kappa shape index (κ3) is 3.60. The maximum atomic E-state index is 13.3. The Morgan fingerprint density at radius 1 is 0.931 bits per heavy atom. The Balaban J connectivity index is 1.29. The number of morpholine rings is 1. The van der Waals surface area contributed by atoms with Gasteiger partial charge in [-0.3, -0.25) is 4.79 Å². The lowest BCUT2D eigenvalue weighted by Crippen LogP contribution is -2.40. The Labute approximate surface area is 170 Å². The Bertz CT molecular complexity index is 968. The van der Waals surface area contributed by atoms with Crippen molar-refractivity contribution in [2.24, 2.45) is 0 Å². The van der Waals surface area contributed by atoms with Gasteiger partial charge in [-0.15, -0.1) is 0 Å². The Morgan fingerprint density at radius 3 is 2.45 bits per heavy atom. The van der Waals surface area contributed by atoms with Crippen LogP contribution in [0.5, 0.6) is 0 Å². The van der Waals surface area contributed by atoms with E-state index in [-0.39, 0.29) is 11.8 Å². The third-order valence-corrected chi connectivity index (χ3v) is 5.93. The van der Waals surface area contributed by atoms with Crippen molar-refractivity contribution in [3.05, 3.63) is 60.0 Å². The molecule has 0 spiro atoms. The summed E-state index contributed by atoms with van der Waals surface area (Å²) < 4.78 is 11.4. The number of hydrogen-bond acceptors (Lipinski definition) is 5. The number of nitrogens with zero attached hydrogens (tertiary/aromatic N) is 3. The normalized spacial score (nSPS) is 18.3. The molecule has 0 saturated carbocycles. The second kappa shape index (κ2) is 7.87. The zero-order chi connectivity index (χ0) is 19.6. The highest BCUT2D eigenvalue weighted by atomic mass is 16.5. The Hall–Kier alpha value is -2.86.